The summed E-state index contributed by atoms with van der Waals surface area (Å²) >= 11 is 1.67. The lowest BCUT2D eigenvalue weighted by molar-refractivity contribution is 0.538. The molecule has 0 amide bonds. The minimum atomic E-state index is 0.0475. The molecule has 2 heterocycles. The third-order valence-corrected chi connectivity index (χ3v) is 3.54. The van der Waals surface area contributed by atoms with Crippen molar-refractivity contribution < 1.29 is 0 Å². The highest BCUT2D eigenvalue weighted by Crippen LogP contribution is 2.11. The van der Waals surface area contributed by atoms with Gasteiger partial charge in [0.15, 0.2) is 0 Å². The van der Waals surface area contributed by atoms with Crippen LogP contribution < -0.4 is 5.73 Å². The first-order chi connectivity index (χ1) is 8.69. The quantitative estimate of drug-likeness (QED) is 0.860. The van der Waals surface area contributed by atoms with Gasteiger partial charge in [-0.25, -0.2) is 9.97 Å². The highest BCUT2D eigenvalue weighted by atomic mass is 32.1. The van der Waals surface area contributed by atoms with Crippen LogP contribution in [0.15, 0.2) is 11.7 Å². The zero-order chi connectivity index (χ0) is 13.0. The molecule has 0 radical (unpaired) electrons. The third kappa shape index (κ3) is 3.36. The summed E-state index contributed by atoms with van der Waals surface area (Å²) in [7, 11) is 0. The second-order valence-electron chi connectivity index (χ2n) is 4.43. The first-order valence-electron chi connectivity index (χ1n) is 6.22. The molecule has 2 rings (SSSR count). The van der Waals surface area contributed by atoms with Gasteiger partial charge in [-0.2, -0.15) is 5.10 Å². The smallest absolute Gasteiger partial charge is 0.138 e. The van der Waals surface area contributed by atoms with Crippen LogP contribution in [0.4, 0.5) is 0 Å². The number of aryl methyl sites for hydroxylation is 2. The molecule has 2 aromatic heterocycles. The maximum absolute atomic E-state index is 6.15. The Morgan fingerprint density at radius 2 is 2.28 bits per heavy atom. The van der Waals surface area contributed by atoms with Crippen molar-refractivity contribution in [3.8, 4) is 0 Å². The standard InChI is InChI=1S/C12H19N5S/c1-3-4-17-12(14-8-15-17)6-10(13)5-11-7-18-9(2)16-11/h7-8,10H,3-6,13H2,1-2H3. The lowest BCUT2D eigenvalue weighted by Gasteiger charge is -2.10. The first kappa shape index (κ1) is 13.2. The van der Waals surface area contributed by atoms with Crippen LogP contribution in [0.3, 0.4) is 0 Å². The first-order valence-corrected chi connectivity index (χ1v) is 7.10. The van der Waals surface area contributed by atoms with E-state index in [1.807, 2.05) is 11.6 Å². The van der Waals surface area contributed by atoms with Crippen LogP contribution in [0, 0.1) is 6.92 Å². The fourth-order valence-corrected chi connectivity index (χ4v) is 2.55. The van der Waals surface area contributed by atoms with Gasteiger partial charge in [0.05, 0.1) is 10.7 Å². The Morgan fingerprint density at radius 3 is 2.94 bits per heavy atom. The minimum absolute atomic E-state index is 0.0475. The number of thiazole rings is 1. The molecule has 0 fully saturated rings. The number of nitrogens with zero attached hydrogens (tertiary/aromatic N) is 4. The molecule has 18 heavy (non-hydrogen) atoms. The van der Waals surface area contributed by atoms with Crippen LogP contribution in [-0.4, -0.2) is 25.8 Å². The van der Waals surface area contributed by atoms with Gasteiger partial charge in [0, 0.05) is 30.8 Å². The molecule has 5 nitrogen and oxygen atoms in total. The largest absolute Gasteiger partial charge is 0.327 e. The second kappa shape index (κ2) is 6.06. The fraction of sp³-hybridized carbons (Fsp3) is 0.583. The minimum Gasteiger partial charge on any atom is -0.327 e. The van der Waals surface area contributed by atoms with Gasteiger partial charge >= 0.3 is 0 Å². The highest BCUT2D eigenvalue weighted by molar-refractivity contribution is 7.09. The molecule has 1 atom stereocenters. The van der Waals surface area contributed by atoms with Crippen molar-refractivity contribution in [3.05, 3.63) is 28.2 Å². The van der Waals surface area contributed by atoms with E-state index in [0.29, 0.717) is 0 Å². The van der Waals surface area contributed by atoms with E-state index in [0.717, 1.165) is 42.3 Å². The summed E-state index contributed by atoms with van der Waals surface area (Å²) in [6, 6.07) is 0.0475. The summed E-state index contributed by atoms with van der Waals surface area (Å²) in [5.74, 6) is 0.969. The van der Waals surface area contributed by atoms with E-state index in [9.17, 15) is 0 Å². The molecule has 0 saturated heterocycles. The Balaban J connectivity index is 1.94. The average molecular weight is 265 g/mol. The van der Waals surface area contributed by atoms with E-state index in [1.54, 1.807) is 17.7 Å². The molecule has 0 aliphatic heterocycles. The van der Waals surface area contributed by atoms with Crippen molar-refractivity contribution >= 4 is 11.3 Å². The SMILES string of the molecule is CCCn1ncnc1CC(N)Cc1csc(C)n1. The van der Waals surface area contributed by atoms with Crippen molar-refractivity contribution in [2.24, 2.45) is 5.73 Å². The fourth-order valence-electron chi connectivity index (χ4n) is 1.92. The lowest BCUT2D eigenvalue weighted by Crippen LogP contribution is -2.27. The van der Waals surface area contributed by atoms with Crippen LogP contribution in [-0.2, 0) is 19.4 Å². The van der Waals surface area contributed by atoms with Crippen LogP contribution in [0.5, 0.6) is 0 Å². The molecule has 0 spiro atoms. The van der Waals surface area contributed by atoms with Gasteiger partial charge in [-0.15, -0.1) is 11.3 Å². The van der Waals surface area contributed by atoms with Crippen LogP contribution in [0.2, 0.25) is 0 Å². The van der Waals surface area contributed by atoms with Gasteiger partial charge in [0.2, 0.25) is 0 Å². The molecule has 1 unspecified atom stereocenters. The number of aromatic nitrogens is 4. The van der Waals surface area contributed by atoms with E-state index < -0.39 is 0 Å². The monoisotopic (exact) mass is 265 g/mol. The van der Waals surface area contributed by atoms with E-state index >= 15 is 0 Å². The van der Waals surface area contributed by atoms with Gasteiger partial charge in [-0.1, -0.05) is 6.92 Å². The molecule has 0 aliphatic rings. The maximum atomic E-state index is 6.15. The zero-order valence-electron chi connectivity index (χ0n) is 10.8. The Kier molecular flexibility index (Phi) is 4.43. The highest BCUT2D eigenvalue weighted by Gasteiger charge is 2.12. The van der Waals surface area contributed by atoms with Crippen molar-refractivity contribution in [1.29, 1.82) is 0 Å². The Labute approximate surface area is 111 Å². The Morgan fingerprint density at radius 1 is 1.44 bits per heavy atom. The second-order valence-corrected chi connectivity index (χ2v) is 5.49. The summed E-state index contributed by atoms with van der Waals surface area (Å²) in [4.78, 5) is 8.71. The number of hydrogen-bond donors (Lipinski definition) is 1. The predicted octanol–water partition coefficient (Wildman–Crippen LogP) is 1.57. The molecular formula is C12H19N5S. The molecule has 0 bridgehead atoms. The van der Waals surface area contributed by atoms with Crippen molar-refractivity contribution in [2.45, 2.75) is 45.7 Å². The molecular weight excluding hydrogens is 246 g/mol. The average Bonchev–Trinajstić information content (AvgIpc) is 2.90. The maximum Gasteiger partial charge on any atom is 0.138 e. The van der Waals surface area contributed by atoms with E-state index in [1.165, 1.54) is 0 Å². The zero-order valence-corrected chi connectivity index (χ0v) is 11.7. The predicted molar refractivity (Wildman–Crippen MR) is 72.5 cm³/mol. The number of hydrogen-bond acceptors (Lipinski definition) is 5. The number of rotatable bonds is 6. The van der Waals surface area contributed by atoms with Crippen molar-refractivity contribution in [3.63, 3.8) is 0 Å². The molecule has 2 N–H and O–H groups in total. The topological polar surface area (TPSA) is 69.6 Å². The molecule has 2 aromatic rings. The molecule has 0 aromatic carbocycles. The summed E-state index contributed by atoms with van der Waals surface area (Å²) < 4.78 is 1.94. The van der Waals surface area contributed by atoms with Gasteiger partial charge in [-0.05, 0) is 13.3 Å². The van der Waals surface area contributed by atoms with Gasteiger partial charge in [-0.3, -0.25) is 4.68 Å². The van der Waals surface area contributed by atoms with Gasteiger partial charge < -0.3 is 5.73 Å². The summed E-state index contributed by atoms with van der Waals surface area (Å²) in [5.41, 5.74) is 7.23. The van der Waals surface area contributed by atoms with Crippen molar-refractivity contribution in [1.82, 2.24) is 19.7 Å². The van der Waals surface area contributed by atoms with Crippen molar-refractivity contribution in [2.75, 3.05) is 0 Å². The molecule has 0 saturated carbocycles. The lowest BCUT2D eigenvalue weighted by atomic mass is 10.1. The third-order valence-electron chi connectivity index (χ3n) is 2.71. The van der Waals surface area contributed by atoms with Crippen LogP contribution in [0.1, 0.15) is 29.9 Å². The Bertz CT molecular complexity index is 490. The summed E-state index contributed by atoms with van der Waals surface area (Å²) in [6.07, 6.45) is 4.20. The number of nitrogens with two attached hydrogens (primary N) is 1. The van der Waals surface area contributed by atoms with Gasteiger partial charge in [0.1, 0.15) is 12.2 Å². The molecule has 98 valence electrons. The van der Waals surface area contributed by atoms with E-state index in [2.05, 4.69) is 27.4 Å². The Hall–Kier alpha value is -1.27. The van der Waals surface area contributed by atoms with E-state index in [-0.39, 0.29) is 6.04 Å². The van der Waals surface area contributed by atoms with E-state index in [4.69, 9.17) is 5.73 Å². The summed E-state index contributed by atoms with van der Waals surface area (Å²) in [5, 5.41) is 7.37. The van der Waals surface area contributed by atoms with Gasteiger partial charge in [0.25, 0.3) is 0 Å². The van der Waals surface area contributed by atoms with Crippen LogP contribution >= 0.6 is 11.3 Å². The summed E-state index contributed by atoms with van der Waals surface area (Å²) in [6.45, 7) is 5.04. The van der Waals surface area contributed by atoms with Crippen LogP contribution in [0.25, 0.3) is 0 Å². The molecule has 0 aliphatic carbocycles. The normalized spacial score (nSPS) is 12.8. The molecule has 6 heteroatoms.